The maximum atomic E-state index is 12.7. The lowest BCUT2D eigenvalue weighted by Crippen LogP contribution is -2.41. The van der Waals surface area contributed by atoms with Crippen LogP contribution >= 0.6 is 11.6 Å². The van der Waals surface area contributed by atoms with E-state index in [0.29, 0.717) is 17.1 Å². The van der Waals surface area contributed by atoms with E-state index >= 15 is 0 Å². The van der Waals surface area contributed by atoms with Crippen LogP contribution in [0.4, 0.5) is 11.4 Å². The van der Waals surface area contributed by atoms with Crippen LogP contribution < -0.4 is 20.5 Å². The molecule has 1 aliphatic heterocycles. The first kappa shape index (κ1) is 19.4. The summed E-state index contributed by atoms with van der Waals surface area (Å²) in [6.45, 7) is 0.218. The second-order valence-corrected chi connectivity index (χ2v) is 8.67. The average molecular weight is 431 g/mol. The third-order valence-electron chi connectivity index (χ3n) is 4.50. The second kappa shape index (κ2) is 7.81. The van der Waals surface area contributed by atoms with Crippen molar-refractivity contribution in [1.29, 1.82) is 0 Å². The van der Waals surface area contributed by atoms with E-state index in [1.54, 1.807) is 18.2 Å². The van der Waals surface area contributed by atoms with Gasteiger partial charge in [-0.2, -0.15) is 0 Å². The molecular formula is C20H19ClN4O3S. The van der Waals surface area contributed by atoms with Crippen molar-refractivity contribution >= 4 is 39.0 Å². The number of para-hydroxylation sites is 2. The number of allylic oxidation sites excluding steroid dienone is 2. The molecule has 1 aliphatic carbocycles. The molecule has 150 valence electrons. The number of anilines is 2. The fourth-order valence-electron chi connectivity index (χ4n) is 3.01. The smallest absolute Gasteiger partial charge is 0.266 e. The lowest BCUT2D eigenvalue weighted by molar-refractivity contribution is 0.255. The molecule has 4 rings (SSSR count). The van der Waals surface area contributed by atoms with Crippen LogP contribution in [0.25, 0.3) is 0 Å². The van der Waals surface area contributed by atoms with Crippen LogP contribution in [-0.4, -0.2) is 25.9 Å². The number of sulfonamides is 1. The van der Waals surface area contributed by atoms with Gasteiger partial charge in [0, 0.05) is 5.69 Å². The highest BCUT2D eigenvalue weighted by Gasteiger charge is 2.30. The molecule has 0 radical (unpaired) electrons. The summed E-state index contributed by atoms with van der Waals surface area (Å²) in [5.74, 6) is 0.466. The Bertz CT molecular complexity index is 1130. The van der Waals surface area contributed by atoms with Crippen LogP contribution in [0.2, 0.25) is 0 Å². The summed E-state index contributed by atoms with van der Waals surface area (Å²) in [4.78, 5) is 4.42. The van der Waals surface area contributed by atoms with Crippen LogP contribution in [0, 0.1) is 0 Å². The summed E-state index contributed by atoms with van der Waals surface area (Å²) in [5, 5.41) is 2.67. The Morgan fingerprint density at radius 2 is 1.90 bits per heavy atom. The van der Waals surface area contributed by atoms with Gasteiger partial charge in [0.15, 0.2) is 0 Å². The summed E-state index contributed by atoms with van der Waals surface area (Å²) < 4.78 is 33.8. The highest BCUT2D eigenvalue weighted by atomic mass is 35.5. The van der Waals surface area contributed by atoms with E-state index in [2.05, 4.69) is 15.0 Å². The predicted octanol–water partition coefficient (Wildman–Crippen LogP) is 3.01. The minimum Gasteiger partial charge on any atom is -0.482 e. The SMILES string of the molecule is Nc1ccccc1CN=C1Nc2c(OC3C=CC=CC3Cl)cccc2S(=O)(=O)N1. The van der Waals surface area contributed by atoms with Gasteiger partial charge in [-0.3, -0.25) is 0 Å². The maximum Gasteiger partial charge on any atom is 0.266 e. The minimum absolute atomic E-state index is 0.0784. The largest absolute Gasteiger partial charge is 0.482 e. The molecule has 0 saturated carbocycles. The normalized spacial score (nSPS) is 23.1. The number of fused-ring (bicyclic) bond motifs is 1. The number of halogens is 1. The fourth-order valence-corrected chi connectivity index (χ4v) is 4.38. The minimum atomic E-state index is -3.80. The van der Waals surface area contributed by atoms with Crippen molar-refractivity contribution in [3.63, 3.8) is 0 Å². The first-order valence-electron chi connectivity index (χ1n) is 8.90. The van der Waals surface area contributed by atoms with E-state index < -0.39 is 16.1 Å². The van der Waals surface area contributed by atoms with Gasteiger partial charge in [-0.1, -0.05) is 42.5 Å². The predicted molar refractivity (Wildman–Crippen MR) is 115 cm³/mol. The van der Waals surface area contributed by atoms with Crippen molar-refractivity contribution in [2.45, 2.75) is 22.9 Å². The van der Waals surface area contributed by atoms with Gasteiger partial charge in [-0.15, -0.1) is 11.6 Å². The molecule has 2 atom stereocenters. The Balaban J connectivity index is 1.64. The number of benzene rings is 2. The summed E-state index contributed by atoms with van der Waals surface area (Å²) in [6.07, 6.45) is 6.88. The highest BCUT2D eigenvalue weighted by molar-refractivity contribution is 7.90. The maximum absolute atomic E-state index is 12.7. The monoisotopic (exact) mass is 430 g/mol. The molecule has 7 nitrogen and oxygen atoms in total. The molecule has 4 N–H and O–H groups in total. The van der Waals surface area contributed by atoms with E-state index in [0.717, 1.165) is 5.56 Å². The number of alkyl halides is 1. The first-order valence-corrected chi connectivity index (χ1v) is 10.8. The van der Waals surface area contributed by atoms with Gasteiger partial charge in [-0.25, -0.2) is 18.1 Å². The van der Waals surface area contributed by atoms with Crippen molar-refractivity contribution in [3.05, 3.63) is 72.3 Å². The summed E-state index contributed by atoms with van der Waals surface area (Å²) >= 11 is 6.28. The van der Waals surface area contributed by atoms with Gasteiger partial charge in [-0.05, 0) is 29.8 Å². The molecule has 2 aromatic rings. The van der Waals surface area contributed by atoms with Gasteiger partial charge in [0.1, 0.15) is 22.4 Å². The zero-order valence-electron chi connectivity index (χ0n) is 15.2. The topological polar surface area (TPSA) is 106 Å². The fraction of sp³-hybridized carbons (Fsp3) is 0.150. The van der Waals surface area contributed by atoms with Crippen molar-refractivity contribution in [1.82, 2.24) is 4.72 Å². The van der Waals surface area contributed by atoms with Gasteiger partial charge >= 0.3 is 0 Å². The van der Waals surface area contributed by atoms with Gasteiger partial charge in [0.25, 0.3) is 10.0 Å². The van der Waals surface area contributed by atoms with Crippen LogP contribution in [0.3, 0.4) is 0 Å². The number of aliphatic imine (C=N–C) groups is 1. The van der Waals surface area contributed by atoms with E-state index in [9.17, 15) is 8.42 Å². The van der Waals surface area contributed by atoms with E-state index in [-0.39, 0.29) is 22.8 Å². The molecule has 0 saturated heterocycles. The zero-order valence-corrected chi connectivity index (χ0v) is 16.8. The summed E-state index contributed by atoms with van der Waals surface area (Å²) in [6, 6.07) is 12.1. The number of ether oxygens (including phenoxy) is 1. The Kier molecular flexibility index (Phi) is 5.21. The zero-order chi connectivity index (χ0) is 20.4. The van der Waals surface area contributed by atoms with Crippen molar-refractivity contribution in [2.24, 2.45) is 4.99 Å². The van der Waals surface area contributed by atoms with Gasteiger partial charge < -0.3 is 15.8 Å². The molecule has 0 amide bonds. The molecule has 29 heavy (non-hydrogen) atoms. The summed E-state index contributed by atoms with van der Waals surface area (Å²) in [7, 11) is -3.80. The van der Waals surface area contributed by atoms with Crippen LogP contribution in [0.5, 0.6) is 5.75 Å². The number of hydrogen-bond acceptors (Lipinski definition) is 5. The molecule has 0 spiro atoms. The highest BCUT2D eigenvalue weighted by Crippen LogP contribution is 2.35. The number of nitrogens with two attached hydrogens (primary N) is 1. The molecule has 2 aliphatic rings. The van der Waals surface area contributed by atoms with Crippen LogP contribution in [0.15, 0.2) is 76.7 Å². The van der Waals surface area contributed by atoms with Gasteiger partial charge in [0.2, 0.25) is 5.96 Å². The Hall–Kier alpha value is -2.97. The Labute approximate surface area is 174 Å². The second-order valence-electron chi connectivity index (χ2n) is 6.52. The average Bonchev–Trinajstić information content (AvgIpc) is 2.69. The Morgan fingerprint density at radius 3 is 2.69 bits per heavy atom. The van der Waals surface area contributed by atoms with Crippen molar-refractivity contribution in [2.75, 3.05) is 11.1 Å². The van der Waals surface area contributed by atoms with Crippen LogP contribution in [-0.2, 0) is 16.6 Å². The first-order chi connectivity index (χ1) is 13.9. The number of nitrogen functional groups attached to an aromatic ring is 1. The molecule has 9 heteroatoms. The lowest BCUT2D eigenvalue weighted by Gasteiger charge is -2.26. The molecular weight excluding hydrogens is 412 g/mol. The van der Waals surface area contributed by atoms with E-state index in [1.807, 2.05) is 42.5 Å². The molecule has 0 aromatic heterocycles. The quantitative estimate of drug-likeness (QED) is 0.510. The molecule has 0 bridgehead atoms. The standard InChI is InChI=1S/C20H19ClN4O3S/c21-14-7-2-4-9-16(14)28-17-10-5-11-18-19(17)24-20(25-29(18,26)27)23-12-13-6-1-3-8-15(13)22/h1-11,14,16H,12,22H2,(H2,23,24,25). The number of nitrogens with one attached hydrogen (secondary N) is 2. The van der Waals surface area contributed by atoms with E-state index in [4.69, 9.17) is 22.1 Å². The van der Waals surface area contributed by atoms with Crippen molar-refractivity contribution in [3.8, 4) is 5.75 Å². The number of guanidine groups is 1. The third kappa shape index (κ3) is 4.08. The lowest BCUT2D eigenvalue weighted by atomic mass is 10.1. The van der Waals surface area contributed by atoms with E-state index in [1.165, 1.54) is 6.07 Å². The molecule has 2 unspecified atom stereocenters. The van der Waals surface area contributed by atoms with Gasteiger partial charge in [0.05, 0.1) is 11.9 Å². The number of nitrogens with zero attached hydrogens (tertiary/aromatic N) is 1. The molecule has 0 fully saturated rings. The number of rotatable bonds is 4. The Morgan fingerprint density at radius 1 is 1.10 bits per heavy atom. The third-order valence-corrected chi connectivity index (χ3v) is 6.27. The molecule has 2 aromatic carbocycles. The summed E-state index contributed by atoms with van der Waals surface area (Å²) in [5.41, 5.74) is 7.63. The van der Waals surface area contributed by atoms with Crippen LogP contribution in [0.1, 0.15) is 5.56 Å². The van der Waals surface area contributed by atoms with Crippen molar-refractivity contribution < 1.29 is 13.2 Å². The number of hydrogen-bond donors (Lipinski definition) is 3. The molecule has 1 heterocycles.